The summed E-state index contributed by atoms with van der Waals surface area (Å²) in [6.45, 7) is 0.678. The summed E-state index contributed by atoms with van der Waals surface area (Å²) in [5.41, 5.74) is 7.00. The molecule has 0 unspecified atom stereocenters. The maximum absolute atomic E-state index is 5.73. The van der Waals surface area contributed by atoms with Crippen molar-refractivity contribution < 1.29 is 4.42 Å². The minimum atomic E-state index is 0.113. The number of rotatable bonds is 3. The summed E-state index contributed by atoms with van der Waals surface area (Å²) in [6.07, 6.45) is 8.04. The molecule has 1 aromatic heterocycles. The second kappa shape index (κ2) is 2.83. The molecule has 2 aliphatic rings. The first-order chi connectivity index (χ1) is 6.84. The SMILES string of the molecule is NCC1(c2nc(C3CCC3)co2)CC1. The lowest BCUT2D eigenvalue weighted by Crippen LogP contribution is -2.20. The van der Waals surface area contributed by atoms with Crippen LogP contribution in [0.3, 0.4) is 0 Å². The first-order valence-electron chi connectivity index (χ1n) is 5.50. The van der Waals surface area contributed by atoms with Gasteiger partial charge in [0.05, 0.1) is 11.1 Å². The lowest BCUT2D eigenvalue weighted by molar-refractivity contribution is 0.409. The van der Waals surface area contributed by atoms with Gasteiger partial charge in [-0.05, 0) is 25.7 Å². The third kappa shape index (κ3) is 1.12. The van der Waals surface area contributed by atoms with Gasteiger partial charge in [0, 0.05) is 12.5 Å². The molecule has 1 heterocycles. The van der Waals surface area contributed by atoms with Gasteiger partial charge < -0.3 is 10.2 Å². The van der Waals surface area contributed by atoms with E-state index in [1.54, 1.807) is 0 Å². The molecule has 3 nitrogen and oxygen atoms in total. The molecule has 14 heavy (non-hydrogen) atoms. The molecule has 0 aromatic carbocycles. The van der Waals surface area contributed by atoms with Crippen LogP contribution in [0.25, 0.3) is 0 Å². The highest BCUT2D eigenvalue weighted by molar-refractivity contribution is 5.19. The van der Waals surface area contributed by atoms with Crippen LogP contribution in [-0.4, -0.2) is 11.5 Å². The summed E-state index contributed by atoms with van der Waals surface area (Å²) in [5.74, 6) is 1.56. The number of aromatic nitrogens is 1. The average molecular weight is 192 g/mol. The molecule has 2 N–H and O–H groups in total. The molecule has 76 valence electrons. The number of oxazole rings is 1. The van der Waals surface area contributed by atoms with E-state index < -0.39 is 0 Å². The summed E-state index contributed by atoms with van der Waals surface area (Å²) in [6, 6.07) is 0. The molecule has 0 radical (unpaired) electrons. The van der Waals surface area contributed by atoms with E-state index in [0.717, 1.165) is 24.4 Å². The minimum absolute atomic E-state index is 0.113. The maximum Gasteiger partial charge on any atom is 0.201 e. The van der Waals surface area contributed by atoms with Gasteiger partial charge in [0.15, 0.2) is 0 Å². The van der Waals surface area contributed by atoms with Crippen molar-refractivity contribution in [3.63, 3.8) is 0 Å². The van der Waals surface area contributed by atoms with Gasteiger partial charge in [-0.1, -0.05) is 6.42 Å². The summed E-state index contributed by atoms with van der Waals surface area (Å²) < 4.78 is 5.55. The Balaban J connectivity index is 1.83. The molecule has 0 spiro atoms. The normalized spacial score (nSPS) is 24.6. The Morgan fingerprint density at radius 3 is 2.79 bits per heavy atom. The summed E-state index contributed by atoms with van der Waals surface area (Å²) in [4.78, 5) is 4.59. The largest absolute Gasteiger partial charge is 0.448 e. The van der Waals surface area contributed by atoms with Crippen molar-refractivity contribution in [3.05, 3.63) is 17.8 Å². The van der Waals surface area contributed by atoms with Crippen molar-refractivity contribution in [2.24, 2.45) is 5.73 Å². The molecule has 0 amide bonds. The van der Waals surface area contributed by atoms with Gasteiger partial charge in [0.1, 0.15) is 6.26 Å². The lowest BCUT2D eigenvalue weighted by atomic mass is 9.83. The average Bonchev–Trinajstić information content (AvgIpc) is 2.78. The molecule has 1 aromatic rings. The van der Waals surface area contributed by atoms with Gasteiger partial charge in [-0.3, -0.25) is 0 Å². The van der Waals surface area contributed by atoms with Crippen molar-refractivity contribution in [2.75, 3.05) is 6.54 Å². The van der Waals surface area contributed by atoms with Gasteiger partial charge >= 0.3 is 0 Å². The summed E-state index contributed by atoms with van der Waals surface area (Å²) in [5, 5.41) is 0. The Morgan fingerprint density at radius 1 is 1.50 bits per heavy atom. The zero-order valence-corrected chi connectivity index (χ0v) is 8.33. The second-order valence-corrected chi connectivity index (χ2v) is 4.69. The van der Waals surface area contributed by atoms with Gasteiger partial charge in [-0.2, -0.15) is 0 Å². The highest BCUT2D eigenvalue weighted by Gasteiger charge is 2.47. The predicted octanol–water partition coefficient (Wildman–Crippen LogP) is 1.93. The Hall–Kier alpha value is -0.830. The third-order valence-corrected chi connectivity index (χ3v) is 3.74. The van der Waals surface area contributed by atoms with Crippen LogP contribution < -0.4 is 5.73 Å². The molecule has 0 bridgehead atoms. The van der Waals surface area contributed by atoms with E-state index in [1.807, 2.05) is 6.26 Å². The number of nitrogens with zero attached hydrogens (tertiary/aromatic N) is 1. The standard InChI is InChI=1S/C11H16N2O/c12-7-11(4-5-11)10-13-9(6-14-10)8-2-1-3-8/h6,8H,1-5,7,12H2. The van der Waals surface area contributed by atoms with Crippen LogP contribution in [0.4, 0.5) is 0 Å². The van der Waals surface area contributed by atoms with Crippen LogP contribution in [0.1, 0.15) is 49.6 Å². The lowest BCUT2D eigenvalue weighted by Gasteiger charge is -2.22. The molecule has 3 heteroatoms. The van der Waals surface area contributed by atoms with Crippen LogP contribution >= 0.6 is 0 Å². The van der Waals surface area contributed by atoms with Gasteiger partial charge in [-0.25, -0.2) is 4.98 Å². The number of nitrogens with two attached hydrogens (primary N) is 1. The fourth-order valence-electron chi connectivity index (χ4n) is 2.08. The molecule has 2 aliphatic carbocycles. The quantitative estimate of drug-likeness (QED) is 0.796. The van der Waals surface area contributed by atoms with E-state index in [4.69, 9.17) is 10.2 Å². The van der Waals surface area contributed by atoms with Gasteiger partial charge in [0.2, 0.25) is 5.89 Å². The summed E-state index contributed by atoms with van der Waals surface area (Å²) >= 11 is 0. The topological polar surface area (TPSA) is 52.0 Å². The van der Waals surface area contributed by atoms with Crippen molar-refractivity contribution in [2.45, 2.75) is 43.4 Å². The molecule has 0 saturated heterocycles. The van der Waals surface area contributed by atoms with E-state index in [9.17, 15) is 0 Å². The van der Waals surface area contributed by atoms with E-state index in [1.165, 1.54) is 19.3 Å². The van der Waals surface area contributed by atoms with Crippen molar-refractivity contribution in [3.8, 4) is 0 Å². The number of hydrogen-bond donors (Lipinski definition) is 1. The van der Waals surface area contributed by atoms with E-state index in [-0.39, 0.29) is 5.41 Å². The van der Waals surface area contributed by atoms with Gasteiger partial charge in [0.25, 0.3) is 0 Å². The monoisotopic (exact) mass is 192 g/mol. The fourth-order valence-corrected chi connectivity index (χ4v) is 2.08. The zero-order chi connectivity index (χ0) is 9.60. The van der Waals surface area contributed by atoms with Crippen LogP contribution in [-0.2, 0) is 5.41 Å². The number of hydrogen-bond acceptors (Lipinski definition) is 3. The third-order valence-electron chi connectivity index (χ3n) is 3.74. The molecular weight excluding hydrogens is 176 g/mol. The Morgan fingerprint density at radius 2 is 2.29 bits per heavy atom. The molecular formula is C11H16N2O. The van der Waals surface area contributed by atoms with E-state index in [2.05, 4.69) is 4.98 Å². The minimum Gasteiger partial charge on any atom is -0.448 e. The van der Waals surface area contributed by atoms with E-state index >= 15 is 0 Å². The van der Waals surface area contributed by atoms with Crippen molar-refractivity contribution in [1.82, 2.24) is 4.98 Å². The second-order valence-electron chi connectivity index (χ2n) is 4.69. The maximum atomic E-state index is 5.73. The fraction of sp³-hybridized carbons (Fsp3) is 0.727. The first-order valence-corrected chi connectivity index (χ1v) is 5.50. The van der Waals surface area contributed by atoms with Crippen LogP contribution in [0.2, 0.25) is 0 Å². The van der Waals surface area contributed by atoms with E-state index in [0.29, 0.717) is 12.5 Å². The van der Waals surface area contributed by atoms with Crippen molar-refractivity contribution in [1.29, 1.82) is 0 Å². The molecule has 0 aliphatic heterocycles. The molecule has 2 saturated carbocycles. The Kier molecular flexibility index (Phi) is 1.71. The van der Waals surface area contributed by atoms with Crippen LogP contribution in [0, 0.1) is 0 Å². The Labute approximate surface area is 83.7 Å². The van der Waals surface area contributed by atoms with Crippen LogP contribution in [0.5, 0.6) is 0 Å². The highest BCUT2D eigenvalue weighted by atomic mass is 16.3. The zero-order valence-electron chi connectivity index (χ0n) is 8.33. The summed E-state index contributed by atoms with van der Waals surface area (Å²) in [7, 11) is 0. The molecule has 0 atom stereocenters. The Bertz CT molecular complexity index is 337. The molecule has 2 fully saturated rings. The smallest absolute Gasteiger partial charge is 0.201 e. The highest BCUT2D eigenvalue weighted by Crippen LogP contribution is 2.47. The van der Waals surface area contributed by atoms with Gasteiger partial charge in [-0.15, -0.1) is 0 Å². The first kappa shape index (κ1) is 8.48. The molecule has 3 rings (SSSR count). The van der Waals surface area contributed by atoms with Crippen LogP contribution in [0.15, 0.2) is 10.7 Å². The van der Waals surface area contributed by atoms with Crippen molar-refractivity contribution >= 4 is 0 Å². The predicted molar refractivity (Wildman–Crippen MR) is 53.1 cm³/mol.